The number of morpholine rings is 1. The summed E-state index contributed by atoms with van der Waals surface area (Å²) in [4.78, 5) is 25.7. The lowest BCUT2D eigenvalue weighted by atomic mass is 9.67. The van der Waals surface area contributed by atoms with Crippen LogP contribution in [0.3, 0.4) is 0 Å². The highest BCUT2D eigenvalue weighted by Gasteiger charge is 2.54. The summed E-state index contributed by atoms with van der Waals surface area (Å²) in [5.41, 5.74) is -1.15. The summed E-state index contributed by atoms with van der Waals surface area (Å²) in [7, 11) is 0. The largest absolute Gasteiger partial charge is 0.480 e. The summed E-state index contributed by atoms with van der Waals surface area (Å²) >= 11 is 0. The van der Waals surface area contributed by atoms with Crippen molar-refractivity contribution in [2.75, 3.05) is 13.2 Å². The Morgan fingerprint density at radius 3 is 2.56 bits per heavy atom. The molecule has 0 aromatic heterocycles. The lowest BCUT2D eigenvalue weighted by Gasteiger charge is -2.45. The standard InChI is InChI=1S/C13H21NO4/c1-3-10-8-18-9(2)7-14(10)11(15)13(12(16)17)5-4-6-13/h9-10H,3-8H2,1-2H3,(H,16,17). The fourth-order valence-electron chi connectivity index (χ4n) is 2.76. The van der Waals surface area contributed by atoms with Crippen molar-refractivity contribution in [1.82, 2.24) is 4.90 Å². The number of hydrogen-bond donors (Lipinski definition) is 1. The van der Waals surface area contributed by atoms with Gasteiger partial charge in [0.05, 0.1) is 18.8 Å². The van der Waals surface area contributed by atoms with E-state index in [1.807, 2.05) is 13.8 Å². The molecule has 5 heteroatoms. The van der Waals surface area contributed by atoms with Crippen LogP contribution in [0, 0.1) is 5.41 Å². The van der Waals surface area contributed by atoms with E-state index in [1.54, 1.807) is 4.90 Å². The van der Waals surface area contributed by atoms with Crippen LogP contribution in [0.15, 0.2) is 0 Å². The van der Waals surface area contributed by atoms with E-state index in [0.29, 0.717) is 26.0 Å². The zero-order chi connectivity index (χ0) is 13.3. The molecule has 1 saturated heterocycles. The number of nitrogens with zero attached hydrogens (tertiary/aromatic N) is 1. The normalized spacial score (nSPS) is 30.7. The van der Waals surface area contributed by atoms with Gasteiger partial charge in [-0.1, -0.05) is 13.3 Å². The van der Waals surface area contributed by atoms with Gasteiger partial charge >= 0.3 is 5.97 Å². The Balaban J connectivity index is 2.17. The second-order valence-corrected chi connectivity index (χ2v) is 5.40. The second-order valence-electron chi connectivity index (χ2n) is 5.40. The number of carbonyl (C=O) groups is 2. The van der Waals surface area contributed by atoms with Gasteiger partial charge in [-0.2, -0.15) is 0 Å². The molecule has 0 spiro atoms. The Bertz CT molecular complexity index is 351. The van der Waals surface area contributed by atoms with E-state index in [9.17, 15) is 14.7 Å². The van der Waals surface area contributed by atoms with Crippen molar-refractivity contribution in [2.45, 2.75) is 51.7 Å². The molecule has 1 N–H and O–H groups in total. The highest BCUT2D eigenvalue weighted by Crippen LogP contribution is 2.43. The Kier molecular flexibility index (Phi) is 3.61. The lowest BCUT2D eigenvalue weighted by molar-refractivity contribution is -0.174. The first-order valence-electron chi connectivity index (χ1n) is 6.67. The molecule has 0 bridgehead atoms. The summed E-state index contributed by atoms with van der Waals surface area (Å²) in [5, 5.41) is 9.33. The van der Waals surface area contributed by atoms with E-state index >= 15 is 0 Å². The summed E-state index contributed by atoms with van der Waals surface area (Å²) in [6, 6.07) is 0.0190. The predicted molar refractivity (Wildman–Crippen MR) is 65.1 cm³/mol. The Hall–Kier alpha value is -1.10. The third kappa shape index (κ3) is 2.00. The average Bonchev–Trinajstić information content (AvgIpc) is 2.26. The van der Waals surface area contributed by atoms with Crippen molar-refractivity contribution in [2.24, 2.45) is 5.41 Å². The van der Waals surface area contributed by atoms with Gasteiger partial charge in [0, 0.05) is 6.54 Å². The van der Waals surface area contributed by atoms with E-state index < -0.39 is 11.4 Å². The third-order valence-corrected chi connectivity index (χ3v) is 4.23. The van der Waals surface area contributed by atoms with E-state index in [-0.39, 0.29) is 18.1 Å². The van der Waals surface area contributed by atoms with Crippen LogP contribution in [-0.4, -0.2) is 47.2 Å². The zero-order valence-corrected chi connectivity index (χ0v) is 11.0. The van der Waals surface area contributed by atoms with Crippen LogP contribution in [0.4, 0.5) is 0 Å². The van der Waals surface area contributed by atoms with Crippen LogP contribution in [0.25, 0.3) is 0 Å². The van der Waals surface area contributed by atoms with Crippen LogP contribution in [-0.2, 0) is 14.3 Å². The van der Waals surface area contributed by atoms with E-state index in [1.165, 1.54) is 0 Å². The SMILES string of the molecule is CCC1COC(C)CN1C(=O)C1(C(=O)O)CCC1. The highest BCUT2D eigenvalue weighted by molar-refractivity contribution is 6.03. The van der Waals surface area contributed by atoms with E-state index in [0.717, 1.165) is 12.8 Å². The van der Waals surface area contributed by atoms with E-state index in [4.69, 9.17) is 4.74 Å². The maximum Gasteiger partial charge on any atom is 0.319 e. The highest BCUT2D eigenvalue weighted by atomic mass is 16.5. The molecule has 0 radical (unpaired) electrons. The number of amides is 1. The number of hydrogen-bond acceptors (Lipinski definition) is 3. The maximum absolute atomic E-state index is 12.5. The molecular formula is C13H21NO4. The van der Waals surface area contributed by atoms with Crippen LogP contribution < -0.4 is 0 Å². The molecule has 0 aromatic carbocycles. The van der Waals surface area contributed by atoms with Gasteiger partial charge in [0.2, 0.25) is 5.91 Å². The molecule has 1 aliphatic carbocycles. The van der Waals surface area contributed by atoms with Gasteiger partial charge in [0.1, 0.15) is 5.41 Å². The molecule has 18 heavy (non-hydrogen) atoms. The molecule has 5 nitrogen and oxygen atoms in total. The molecule has 1 heterocycles. The first kappa shape index (κ1) is 13.3. The number of rotatable bonds is 3. The third-order valence-electron chi connectivity index (χ3n) is 4.23. The van der Waals surface area contributed by atoms with Crippen molar-refractivity contribution < 1.29 is 19.4 Å². The maximum atomic E-state index is 12.5. The molecule has 0 aromatic rings. The number of carboxylic acids is 1. The number of carboxylic acid groups (broad SMARTS) is 1. The molecule has 2 rings (SSSR count). The minimum atomic E-state index is -1.15. The smallest absolute Gasteiger partial charge is 0.319 e. The van der Waals surface area contributed by atoms with Gasteiger partial charge in [-0.05, 0) is 26.2 Å². The molecule has 2 atom stereocenters. The molecular weight excluding hydrogens is 234 g/mol. The Morgan fingerprint density at radius 1 is 1.44 bits per heavy atom. The predicted octanol–water partition coefficient (Wildman–Crippen LogP) is 1.27. The molecule has 1 saturated carbocycles. The first-order valence-corrected chi connectivity index (χ1v) is 6.67. The van der Waals surface area contributed by atoms with Gasteiger partial charge in [0.15, 0.2) is 0 Å². The van der Waals surface area contributed by atoms with Crippen molar-refractivity contribution >= 4 is 11.9 Å². The van der Waals surface area contributed by atoms with E-state index in [2.05, 4.69) is 0 Å². The van der Waals surface area contributed by atoms with Gasteiger partial charge in [-0.15, -0.1) is 0 Å². The van der Waals surface area contributed by atoms with Crippen LogP contribution in [0.5, 0.6) is 0 Å². The second kappa shape index (κ2) is 4.88. The fraction of sp³-hybridized carbons (Fsp3) is 0.846. The van der Waals surface area contributed by atoms with Gasteiger partial charge in [0.25, 0.3) is 0 Å². The van der Waals surface area contributed by atoms with Crippen LogP contribution >= 0.6 is 0 Å². The van der Waals surface area contributed by atoms with Crippen LogP contribution in [0.2, 0.25) is 0 Å². The minimum absolute atomic E-state index is 0.0114. The quantitative estimate of drug-likeness (QED) is 0.771. The zero-order valence-electron chi connectivity index (χ0n) is 11.0. The lowest BCUT2D eigenvalue weighted by Crippen LogP contribution is -2.59. The molecule has 102 valence electrons. The van der Waals surface area contributed by atoms with Crippen molar-refractivity contribution in [3.8, 4) is 0 Å². The van der Waals surface area contributed by atoms with Crippen LogP contribution in [0.1, 0.15) is 39.5 Å². The first-order chi connectivity index (χ1) is 8.51. The van der Waals surface area contributed by atoms with Gasteiger partial charge in [-0.3, -0.25) is 9.59 Å². The fourth-order valence-corrected chi connectivity index (χ4v) is 2.76. The summed E-state index contributed by atoms with van der Waals surface area (Å²) in [6.07, 6.45) is 2.57. The van der Waals surface area contributed by atoms with Crippen molar-refractivity contribution in [1.29, 1.82) is 0 Å². The number of ether oxygens (including phenoxy) is 1. The average molecular weight is 255 g/mol. The topological polar surface area (TPSA) is 66.8 Å². The Labute approximate surface area is 107 Å². The summed E-state index contributed by atoms with van der Waals surface area (Å²) in [5.74, 6) is -1.17. The summed E-state index contributed by atoms with van der Waals surface area (Å²) < 4.78 is 5.55. The molecule has 1 aliphatic heterocycles. The molecule has 2 aliphatic rings. The molecule has 2 fully saturated rings. The number of carbonyl (C=O) groups excluding carboxylic acids is 1. The van der Waals surface area contributed by atoms with Gasteiger partial charge < -0.3 is 14.7 Å². The molecule has 1 amide bonds. The minimum Gasteiger partial charge on any atom is -0.480 e. The molecule has 2 unspecified atom stereocenters. The van der Waals surface area contributed by atoms with Gasteiger partial charge in [-0.25, -0.2) is 0 Å². The monoisotopic (exact) mass is 255 g/mol. The summed E-state index contributed by atoms with van der Waals surface area (Å²) in [6.45, 7) is 4.93. The number of aliphatic carboxylic acids is 1. The van der Waals surface area contributed by atoms with Crippen molar-refractivity contribution in [3.63, 3.8) is 0 Å². The Morgan fingerprint density at radius 2 is 2.11 bits per heavy atom. The van der Waals surface area contributed by atoms with Crippen molar-refractivity contribution in [3.05, 3.63) is 0 Å².